The second-order valence-electron chi connectivity index (χ2n) is 4.88. The minimum Gasteiger partial charge on any atom is -0.345 e. The Balaban J connectivity index is 1.72. The van der Waals surface area contributed by atoms with Crippen LogP contribution in [0, 0.1) is 17.8 Å². The molecule has 2 aliphatic rings. The Morgan fingerprint density at radius 3 is 2.69 bits per heavy atom. The van der Waals surface area contributed by atoms with Gasteiger partial charge >= 0.3 is 0 Å². The molecule has 0 aromatic rings. The van der Waals surface area contributed by atoms with Crippen molar-refractivity contribution in [2.24, 2.45) is 5.92 Å². The van der Waals surface area contributed by atoms with Gasteiger partial charge in [0, 0.05) is 18.5 Å². The summed E-state index contributed by atoms with van der Waals surface area (Å²) in [6.45, 7) is 2.28. The van der Waals surface area contributed by atoms with Crippen LogP contribution >= 0.6 is 0 Å². The summed E-state index contributed by atoms with van der Waals surface area (Å²) in [4.78, 5) is 11.6. The van der Waals surface area contributed by atoms with Crippen LogP contribution < -0.4 is 10.6 Å². The maximum absolute atomic E-state index is 11.6. The van der Waals surface area contributed by atoms with E-state index in [0.29, 0.717) is 31.0 Å². The number of rotatable bonds is 3. The van der Waals surface area contributed by atoms with Crippen LogP contribution in [0.5, 0.6) is 0 Å². The average molecular weight is 220 g/mol. The number of hydrogen-bond donors (Lipinski definition) is 2. The smallest absolute Gasteiger partial charge is 0.221 e. The van der Waals surface area contributed by atoms with Gasteiger partial charge in [0.05, 0.1) is 6.54 Å². The predicted octanol–water partition coefficient (Wildman–Crippen LogP) is 1.05. The number of fused-ring (bicyclic) bond motifs is 2. The van der Waals surface area contributed by atoms with Crippen molar-refractivity contribution >= 4 is 5.91 Å². The molecule has 2 heterocycles. The maximum atomic E-state index is 11.6. The van der Waals surface area contributed by atoms with Crippen LogP contribution in [-0.2, 0) is 4.79 Å². The molecule has 2 bridgehead atoms. The fraction of sp³-hybridized carbons (Fsp3) is 0.769. The third-order valence-corrected chi connectivity index (χ3v) is 3.60. The molecule has 0 spiro atoms. The van der Waals surface area contributed by atoms with E-state index >= 15 is 0 Å². The molecular weight excluding hydrogens is 200 g/mol. The standard InChI is InChI=1S/C13H20N2O/c1-2-3-6-14-13(16)9-10-7-11-4-5-12(8-10)15-11/h10-12,15H,4-9H2,1H3,(H,14,16). The van der Waals surface area contributed by atoms with E-state index in [1.165, 1.54) is 25.7 Å². The van der Waals surface area contributed by atoms with E-state index in [2.05, 4.69) is 22.5 Å². The van der Waals surface area contributed by atoms with E-state index < -0.39 is 0 Å². The van der Waals surface area contributed by atoms with Crippen molar-refractivity contribution in [1.29, 1.82) is 0 Å². The van der Waals surface area contributed by atoms with Gasteiger partial charge in [-0.2, -0.15) is 0 Å². The fourth-order valence-corrected chi connectivity index (χ4v) is 2.91. The average Bonchev–Trinajstić information content (AvgIpc) is 2.58. The van der Waals surface area contributed by atoms with Crippen molar-refractivity contribution in [1.82, 2.24) is 10.6 Å². The molecule has 2 saturated heterocycles. The van der Waals surface area contributed by atoms with E-state index in [0.717, 1.165) is 0 Å². The van der Waals surface area contributed by atoms with Crippen LogP contribution in [0.1, 0.15) is 39.0 Å². The van der Waals surface area contributed by atoms with Gasteiger partial charge in [0.25, 0.3) is 0 Å². The quantitative estimate of drug-likeness (QED) is 0.698. The molecule has 2 unspecified atom stereocenters. The highest BCUT2D eigenvalue weighted by Gasteiger charge is 2.33. The lowest BCUT2D eigenvalue weighted by atomic mass is 9.89. The molecule has 0 aromatic carbocycles. The molecule has 2 N–H and O–H groups in total. The maximum Gasteiger partial charge on any atom is 0.221 e. The van der Waals surface area contributed by atoms with Crippen LogP contribution in [0.25, 0.3) is 0 Å². The summed E-state index contributed by atoms with van der Waals surface area (Å²) in [5.74, 6) is 6.37. The van der Waals surface area contributed by atoms with Crippen molar-refractivity contribution < 1.29 is 4.79 Å². The van der Waals surface area contributed by atoms with Crippen LogP contribution in [0.15, 0.2) is 0 Å². The molecule has 3 heteroatoms. The summed E-state index contributed by atoms with van der Waals surface area (Å²) in [7, 11) is 0. The Kier molecular flexibility index (Phi) is 3.84. The number of amides is 1. The number of nitrogens with one attached hydrogen (secondary N) is 2. The van der Waals surface area contributed by atoms with Crippen molar-refractivity contribution in [3.63, 3.8) is 0 Å². The third kappa shape index (κ3) is 2.99. The highest BCUT2D eigenvalue weighted by Crippen LogP contribution is 2.32. The summed E-state index contributed by atoms with van der Waals surface area (Å²) in [6.07, 6.45) is 5.61. The van der Waals surface area contributed by atoms with Gasteiger partial charge < -0.3 is 10.6 Å². The van der Waals surface area contributed by atoms with Crippen molar-refractivity contribution in [2.75, 3.05) is 6.54 Å². The Hall–Kier alpha value is -1.01. The van der Waals surface area contributed by atoms with Crippen LogP contribution in [0.3, 0.4) is 0 Å². The van der Waals surface area contributed by atoms with Crippen LogP contribution in [0.2, 0.25) is 0 Å². The number of carbonyl (C=O) groups excluding carboxylic acids is 1. The van der Waals surface area contributed by atoms with Crippen LogP contribution in [-0.4, -0.2) is 24.5 Å². The lowest BCUT2D eigenvalue weighted by molar-refractivity contribution is -0.122. The van der Waals surface area contributed by atoms with Gasteiger partial charge in [-0.3, -0.25) is 4.79 Å². The molecule has 88 valence electrons. The molecule has 0 aromatic heterocycles. The molecule has 16 heavy (non-hydrogen) atoms. The zero-order valence-corrected chi connectivity index (χ0v) is 9.88. The van der Waals surface area contributed by atoms with Crippen molar-refractivity contribution in [2.45, 2.75) is 51.1 Å². The highest BCUT2D eigenvalue weighted by molar-refractivity contribution is 5.76. The van der Waals surface area contributed by atoms with Gasteiger partial charge in [0.15, 0.2) is 0 Å². The zero-order chi connectivity index (χ0) is 11.4. The fourth-order valence-electron chi connectivity index (χ4n) is 2.91. The summed E-state index contributed by atoms with van der Waals surface area (Å²) >= 11 is 0. The van der Waals surface area contributed by atoms with E-state index in [4.69, 9.17) is 0 Å². The first kappa shape index (κ1) is 11.5. The summed E-state index contributed by atoms with van der Waals surface area (Å²) in [5.41, 5.74) is 0. The molecule has 2 fully saturated rings. The van der Waals surface area contributed by atoms with Gasteiger partial charge in [0.1, 0.15) is 0 Å². The van der Waals surface area contributed by atoms with Crippen molar-refractivity contribution in [3.05, 3.63) is 0 Å². The Morgan fingerprint density at radius 2 is 2.06 bits per heavy atom. The summed E-state index contributed by atoms with van der Waals surface area (Å²) in [5, 5.41) is 6.44. The predicted molar refractivity (Wildman–Crippen MR) is 63.7 cm³/mol. The molecule has 0 radical (unpaired) electrons. The van der Waals surface area contributed by atoms with Gasteiger partial charge in [-0.25, -0.2) is 0 Å². The highest BCUT2D eigenvalue weighted by atomic mass is 16.1. The zero-order valence-electron chi connectivity index (χ0n) is 9.88. The van der Waals surface area contributed by atoms with E-state index in [-0.39, 0.29) is 5.91 Å². The van der Waals surface area contributed by atoms with Gasteiger partial charge in [-0.15, -0.1) is 5.92 Å². The van der Waals surface area contributed by atoms with E-state index in [1.807, 2.05) is 0 Å². The number of piperidine rings is 1. The lowest BCUT2D eigenvalue weighted by Crippen LogP contribution is -2.39. The topological polar surface area (TPSA) is 41.1 Å². The Labute approximate surface area is 97.4 Å². The summed E-state index contributed by atoms with van der Waals surface area (Å²) < 4.78 is 0. The second-order valence-corrected chi connectivity index (χ2v) is 4.88. The Morgan fingerprint density at radius 1 is 1.38 bits per heavy atom. The monoisotopic (exact) mass is 220 g/mol. The Bertz CT molecular complexity index is 304. The van der Waals surface area contributed by atoms with Crippen LogP contribution in [0.4, 0.5) is 0 Å². The second kappa shape index (κ2) is 5.36. The first-order valence-corrected chi connectivity index (χ1v) is 6.20. The minimum absolute atomic E-state index is 0.161. The minimum atomic E-state index is 0.161. The molecule has 0 aliphatic carbocycles. The van der Waals surface area contributed by atoms with Crippen molar-refractivity contribution in [3.8, 4) is 11.8 Å². The van der Waals surface area contributed by atoms with Gasteiger partial charge in [0.2, 0.25) is 5.91 Å². The van der Waals surface area contributed by atoms with Gasteiger partial charge in [-0.1, -0.05) is 5.92 Å². The first-order chi connectivity index (χ1) is 7.78. The molecular formula is C13H20N2O. The third-order valence-electron chi connectivity index (χ3n) is 3.60. The first-order valence-electron chi connectivity index (χ1n) is 6.20. The number of hydrogen-bond acceptors (Lipinski definition) is 2. The SMILES string of the molecule is CC#CCNC(=O)CC1CC2CCC(C1)N2. The molecule has 2 aliphatic heterocycles. The molecule has 2 rings (SSSR count). The molecule has 3 nitrogen and oxygen atoms in total. The van der Waals surface area contributed by atoms with E-state index in [9.17, 15) is 4.79 Å². The normalized spacial score (nSPS) is 31.7. The lowest BCUT2D eigenvalue weighted by Gasteiger charge is -2.28. The van der Waals surface area contributed by atoms with Gasteiger partial charge in [-0.05, 0) is 38.5 Å². The largest absolute Gasteiger partial charge is 0.345 e. The molecule has 1 amide bonds. The number of carbonyl (C=O) groups is 1. The van der Waals surface area contributed by atoms with E-state index in [1.54, 1.807) is 6.92 Å². The molecule has 0 saturated carbocycles. The summed E-state index contributed by atoms with van der Waals surface area (Å²) in [6, 6.07) is 1.35. The molecule has 2 atom stereocenters.